The average Bonchev–Trinajstić information content (AvgIpc) is 3.12. The maximum atomic E-state index is 12.8. The van der Waals surface area contributed by atoms with Crippen molar-refractivity contribution in [1.29, 1.82) is 0 Å². The van der Waals surface area contributed by atoms with E-state index in [1.807, 2.05) is 16.8 Å². The van der Waals surface area contributed by atoms with Gasteiger partial charge in [-0.3, -0.25) is 0 Å². The minimum absolute atomic E-state index is 0.108. The fourth-order valence-corrected chi connectivity index (χ4v) is 4.94. The number of rotatable bonds is 5. The first kappa shape index (κ1) is 14.1. The van der Waals surface area contributed by atoms with E-state index in [4.69, 9.17) is 11.6 Å². The zero-order valence-electron chi connectivity index (χ0n) is 10.7. The van der Waals surface area contributed by atoms with Gasteiger partial charge in [-0.15, -0.1) is 0 Å². The van der Waals surface area contributed by atoms with E-state index < -0.39 is 10.0 Å². The molecule has 3 rings (SSSR count). The van der Waals surface area contributed by atoms with Crippen LogP contribution < -0.4 is 0 Å². The lowest BCUT2D eigenvalue weighted by molar-refractivity contribution is 0.399. The maximum Gasteiger partial charge on any atom is 0.245 e. The van der Waals surface area contributed by atoms with Crippen LogP contribution in [0.5, 0.6) is 0 Å². The third kappa shape index (κ3) is 2.76. The number of thiophene rings is 1. The van der Waals surface area contributed by atoms with Crippen LogP contribution in [-0.2, 0) is 16.6 Å². The Labute approximate surface area is 127 Å². The lowest BCUT2D eigenvalue weighted by atomic mass is 10.3. The van der Waals surface area contributed by atoms with Gasteiger partial charge in [-0.1, -0.05) is 23.7 Å². The summed E-state index contributed by atoms with van der Waals surface area (Å²) in [4.78, 5) is 0.198. The largest absolute Gasteiger partial charge is 0.245 e. The van der Waals surface area contributed by atoms with E-state index in [2.05, 4.69) is 0 Å². The fraction of sp³-hybridized carbons (Fsp3) is 0.286. The van der Waals surface area contributed by atoms with Gasteiger partial charge in [0, 0.05) is 12.6 Å². The van der Waals surface area contributed by atoms with Gasteiger partial charge in [0.1, 0.15) is 4.90 Å². The summed E-state index contributed by atoms with van der Waals surface area (Å²) in [5, 5.41) is 4.23. The Morgan fingerprint density at radius 3 is 2.60 bits per heavy atom. The Hall–Kier alpha value is -0.880. The molecule has 2 aromatic rings. The second kappa shape index (κ2) is 5.48. The van der Waals surface area contributed by atoms with Gasteiger partial charge in [-0.05, 0) is 47.4 Å². The number of halogens is 1. The predicted octanol–water partition coefficient (Wildman–Crippen LogP) is 3.75. The van der Waals surface area contributed by atoms with Crippen LogP contribution in [0.1, 0.15) is 18.4 Å². The molecule has 6 heteroatoms. The summed E-state index contributed by atoms with van der Waals surface area (Å²) in [5.41, 5.74) is 1.03. The van der Waals surface area contributed by atoms with Crippen LogP contribution >= 0.6 is 22.9 Å². The van der Waals surface area contributed by atoms with Crippen molar-refractivity contribution in [2.45, 2.75) is 30.3 Å². The van der Waals surface area contributed by atoms with Crippen LogP contribution in [0, 0.1) is 0 Å². The number of nitrogens with zero attached hydrogens (tertiary/aromatic N) is 1. The minimum Gasteiger partial charge on any atom is -0.207 e. The highest BCUT2D eigenvalue weighted by molar-refractivity contribution is 7.89. The summed E-state index contributed by atoms with van der Waals surface area (Å²) in [6, 6.07) is 8.69. The predicted molar refractivity (Wildman–Crippen MR) is 81.5 cm³/mol. The number of hydrogen-bond acceptors (Lipinski definition) is 3. The van der Waals surface area contributed by atoms with Gasteiger partial charge < -0.3 is 0 Å². The SMILES string of the molecule is O=S(=O)(c1ccccc1Cl)N(Cc1ccsc1)C1CC1. The first-order chi connectivity index (χ1) is 9.59. The monoisotopic (exact) mass is 327 g/mol. The average molecular weight is 328 g/mol. The van der Waals surface area contributed by atoms with Gasteiger partial charge in [0.05, 0.1) is 5.02 Å². The quantitative estimate of drug-likeness (QED) is 0.838. The molecule has 0 bridgehead atoms. The molecule has 0 unspecified atom stereocenters. The first-order valence-corrected chi connectivity index (χ1v) is 9.12. The highest BCUT2D eigenvalue weighted by Gasteiger charge is 2.38. The summed E-state index contributed by atoms with van der Waals surface area (Å²) in [7, 11) is -3.54. The minimum atomic E-state index is -3.54. The Morgan fingerprint density at radius 1 is 1.25 bits per heavy atom. The van der Waals surface area contributed by atoms with E-state index in [0.717, 1.165) is 18.4 Å². The molecule has 1 aromatic carbocycles. The molecule has 0 spiro atoms. The van der Waals surface area contributed by atoms with Crippen LogP contribution in [0.4, 0.5) is 0 Å². The molecule has 106 valence electrons. The second-order valence-corrected chi connectivity index (χ2v) is 7.89. The summed E-state index contributed by atoms with van der Waals surface area (Å²) in [6.07, 6.45) is 1.85. The van der Waals surface area contributed by atoms with Crippen molar-refractivity contribution in [3.05, 3.63) is 51.7 Å². The molecule has 3 nitrogen and oxygen atoms in total. The fourth-order valence-electron chi connectivity index (χ4n) is 2.12. The van der Waals surface area contributed by atoms with Crippen LogP contribution in [0.2, 0.25) is 5.02 Å². The Bertz CT molecular complexity index is 694. The van der Waals surface area contributed by atoms with E-state index in [0.29, 0.717) is 6.54 Å². The molecule has 0 N–H and O–H groups in total. The number of benzene rings is 1. The van der Waals surface area contributed by atoms with Gasteiger partial charge in [-0.2, -0.15) is 15.6 Å². The van der Waals surface area contributed by atoms with Gasteiger partial charge in [0.2, 0.25) is 10.0 Å². The standard InChI is InChI=1S/C14H14ClNO2S2/c15-13-3-1-2-4-14(13)20(17,18)16(12-5-6-12)9-11-7-8-19-10-11/h1-4,7-8,10,12H,5-6,9H2. The maximum absolute atomic E-state index is 12.8. The number of hydrogen-bond donors (Lipinski definition) is 0. The molecular weight excluding hydrogens is 314 g/mol. The summed E-state index contributed by atoms with van der Waals surface area (Å²) < 4.78 is 27.2. The summed E-state index contributed by atoms with van der Waals surface area (Å²) in [6.45, 7) is 0.418. The third-order valence-corrected chi connectivity index (χ3v) is 6.43. The van der Waals surface area contributed by atoms with Crippen molar-refractivity contribution in [2.24, 2.45) is 0 Å². The summed E-state index contributed by atoms with van der Waals surface area (Å²) >= 11 is 7.63. The van der Waals surface area contributed by atoms with Crippen molar-refractivity contribution in [1.82, 2.24) is 4.31 Å². The van der Waals surface area contributed by atoms with Crippen LogP contribution in [-0.4, -0.2) is 18.8 Å². The normalized spacial score (nSPS) is 15.7. The highest BCUT2D eigenvalue weighted by atomic mass is 35.5. The van der Waals surface area contributed by atoms with Gasteiger partial charge >= 0.3 is 0 Å². The topological polar surface area (TPSA) is 37.4 Å². The molecule has 0 radical (unpaired) electrons. The van der Waals surface area contributed by atoms with Crippen LogP contribution in [0.25, 0.3) is 0 Å². The van der Waals surface area contributed by atoms with E-state index in [1.165, 1.54) is 0 Å². The van der Waals surface area contributed by atoms with Crippen molar-refractivity contribution in [3.63, 3.8) is 0 Å². The van der Waals surface area contributed by atoms with Crippen LogP contribution in [0.3, 0.4) is 0 Å². The van der Waals surface area contributed by atoms with Gasteiger partial charge in [0.25, 0.3) is 0 Å². The summed E-state index contributed by atoms with van der Waals surface area (Å²) in [5.74, 6) is 0. The van der Waals surface area contributed by atoms with Crippen molar-refractivity contribution < 1.29 is 8.42 Å². The molecule has 1 aromatic heterocycles. The van der Waals surface area contributed by atoms with E-state index in [1.54, 1.807) is 39.9 Å². The lowest BCUT2D eigenvalue weighted by Gasteiger charge is -2.22. The van der Waals surface area contributed by atoms with Crippen molar-refractivity contribution in [2.75, 3.05) is 0 Å². The second-order valence-electron chi connectivity index (χ2n) is 4.84. The van der Waals surface area contributed by atoms with E-state index in [9.17, 15) is 8.42 Å². The van der Waals surface area contributed by atoms with Gasteiger partial charge in [-0.25, -0.2) is 8.42 Å². The smallest absolute Gasteiger partial charge is 0.207 e. The van der Waals surface area contributed by atoms with Crippen LogP contribution in [0.15, 0.2) is 46.0 Å². The molecule has 1 fully saturated rings. The Balaban J connectivity index is 1.96. The van der Waals surface area contributed by atoms with Crippen molar-refractivity contribution in [3.8, 4) is 0 Å². The van der Waals surface area contributed by atoms with E-state index in [-0.39, 0.29) is 16.0 Å². The molecule has 1 aliphatic rings. The van der Waals surface area contributed by atoms with Gasteiger partial charge in [0.15, 0.2) is 0 Å². The zero-order valence-corrected chi connectivity index (χ0v) is 13.1. The highest BCUT2D eigenvalue weighted by Crippen LogP contribution is 2.35. The Morgan fingerprint density at radius 2 is 2.00 bits per heavy atom. The molecule has 1 saturated carbocycles. The molecule has 0 aliphatic heterocycles. The molecule has 20 heavy (non-hydrogen) atoms. The molecule has 0 atom stereocenters. The number of sulfonamides is 1. The molecule has 0 saturated heterocycles. The van der Waals surface area contributed by atoms with E-state index >= 15 is 0 Å². The molecular formula is C14H14ClNO2S2. The zero-order chi connectivity index (χ0) is 14.2. The molecule has 0 amide bonds. The molecule has 1 heterocycles. The lowest BCUT2D eigenvalue weighted by Crippen LogP contribution is -2.32. The third-order valence-electron chi connectivity index (χ3n) is 3.30. The van der Waals surface area contributed by atoms with Crippen molar-refractivity contribution >= 4 is 33.0 Å². The Kier molecular flexibility index (Phi) is 3.86. The molecule has 1 aliphatic carbocycles. The first-order valence-electron chi connectivity index (χ1n) is 6.36.